The van der Waals surface area contributed by atoms with Gasteiger partial charge in [-0.05, 0) is 12.5 Å². The number of aromatic hydroxyl groups is 1. The fourth-order valence-corrected chi connectivity index (χ4v) is 2.82. The van der Waals surface area contributed by atoms with Crippen molar-refractivity contribution in [2.45, 2.75) is 32.2 Å². The van der Waals surface area contributed by atoms with Crippen LogP contribution in [0.25, 0.3) is 0 Å². The lowest BCUT2D eigenvalue weighted by Gasteiger charge is -2.35. The van der Waals surface area contributed by atoms with Gasteiger partial charge in [-0.1, -0.05) is 25.5 Å². The second-order valence-electron chi connectivity index (χ2n) is 5.33. The molecule has 4 nitrogen and oxygen atoms in total. The van der Waals surface area contributed by atoms with Crippen molar-refractivity contribution >= 4 is 0 Å². The first-order valence-corrected chi connectivity index (χ1v) is 7.44. The number of rotatable bonds is 5. The molecule has 0 bridgehead atoms. The molecule has 7 heteroatoms. The average molecular weight is 318 g/mol. The average Bonchev–Trinajstić information content (AvgIpc) is 2.47. The highest BCUT2D eigenvalue weighted by molar-refractivity contribution is 5.47. The molecule has 1 aromatic rings. The molecule has 0 saturated carbocycles. The first kappa shape index (κ1) is 16.9. The van der Waals surface area contributed by atoms with E-state index < -0.39 is 17.9 Å². The van der Waals surface area contributed by atoms with Gasteiger partial charge >= 0.3 is 6.36 Å². The van der Waals surface area contributed by atoms with E-state index in [-0.39, 0.29) is 6.04 Å². The van der Waals surface area contributed by atoms with E-state index in [1.165, 1.54) is 6.07 Å². The van der Waals surface area contributed by atoms with Crippen molar-refractivity contribution in [1.82, 2.24) is 10.2 Å². The van der Waals surface area contributed by atoms with Crippen LogP contribution in [0.3, 0.4) is 0 Å². The number of nitrogens with one attached hydrogen (secondary N) is 1. The number of nitrogens with zero attached hydrogens (tertiary/aromatic N) is 1. The second kappa shape index (κ2) is 7.19. The SMILES string of the molecule is CCC[C@@H](c1cccc(OC(F)(F)F)c1O)N1CCNCC1. The molecule has 0 spiro atoms. The molecule has 1 aromatic carbocycles. The minimum Gasteiger partial charge on any atom is -0.504 e. The maximum Gasteiger partial charge on any atom is 0.573 e. The molecule has 0 unspecified atom stereocenters. The number of hydrogen-bond acceptors (Lipinski definition) is 4. The molecule has 1 fully saturated rings. The fraction of sp³-hybridized carbons (Fsp3) is 0.600. The summed E-state index contributed by atoms with van der Waals surface area (Å²) in [5, 5.41) is 13.5. The quantitative estimate of drug-likeness (QED) is 0.876. The summed E-state index contributed by atoms with van der Waals surface area (Å²) >= 11 is 0. The Balaban J connectivity index is 2.28. The van der Waals surface area contributed by atoms with Gasteiger partial charge in [-0.15, -0.1) is 13.2 Å². The smallest absolute Gasteiger partial charge is 0.504 e. The van der Waals surface area contributed by atoms with Gasteiger partial charge in [0.25, 0.3) is 0 Å². The van der Waals surface area contributed by atoms with Gasteiger partial charge in [0.1, 0.15) is 0 Å². The van der Waals surface area contributed by atoms with Crippen LogP contribution in [0.4, 0.5) is 13.2 Å². The highest BCUT2D eigenvalue weighted by atomic mass is 19.4. The van der Waals surface area contributed by atoms with Crippen LogP contribution in [0.15, 0.2) is 18.2 Å². The standard InChI is InChI=1S/C15H21F3N2O2/c1-2-4-12(20-9-7-19-8-10-20)11-5-3-6-13(14(11)21)22-15(16,17)18/h3,5-6,12,19,21H,2,4,7-10H2,1H3/t12-/m0/s1. The number of para-hydroxylation sites is 1. The number of alkyl halides is 3. The monoisotopic (exact) mass is 318 g/mol. The molecule has 0 amide bonds. The fourth-order valence-electron chi connectivity index (χ4n) is 2.82. The topological polar surface area (TPSA) is 44.7 Å². The minimum absolute atomic E-state index is 0.108. The molecule has 1 atom stereocenters. The van der Waals surface area contributed by atoms with Crippen molar-refractivity contribution < 1.29 is 23.0 Å². The number of halogens is 3. The van der Waals surface area contributed by atoms with E-state index in [2.05, 4.69) is 15.0 Å². The third kappa shape index (κ3) is 4.27. The van der Waals surface area contributed by atoms with E-state index in [9.17, 15) is 18.3 Å². The van der Waals surface area contributed by atoms with Gasteiger partial charge in [-0.25, -0.2) is 0 Å². The van der Waals surface area contributed by atoms with Crippen molar-refractivity contribution in [2.75, 3.05) is 26.2 Å². The van der Waals surface area contributed by atoms with Gasteiger partial charge in [0.15, 0.2) is 11.5 Å². The molecule has 124 valence electrons. The van der Waals surface area contributed by atoms with Gasteiger partial charge < -0.3 is 15.2 Å². The van der Waals surface area contributed by atoms with Crippen molar-refractivity contribution in [3.63, 3.8) is 0 Å². The van der Waals surface area contributed by atoms with Gasteiger partial charge in [-0.2, -0.15) is 0 Å². The predicted octanol–water partition coefficient (Wildman–Crippen LogP) is 3.04. The lowest BCUT2D eigenvalue weighted by molar-refractivity contribution is -0.275. The number of hydrogen-bond donors (Lipinski definition) is 2. The molecule has 1 heterocycles. The van der Waals surface area contributed by atoms with E-state index in [1.807, 2.05) is 6.92 Å². The zero-order valence-electron chi connectivity index (χ0n) is 12.5. The Morgan fingerprint density at radius 3 is 2.59 bits per heavy atom. The number of ether oxygens (including phenoxy) is 1. The lowest BCUT2D eigenvalue weighted by atomic mass is 9.98. The summed E-state index contributed by atoms with van der Waals surface area (Å²) in [6.07, 6.45) is -3.17. The normalized spacial score (nSPS) is 18.2. The zero-order chi connectivity index (χ0) is 16.2. The Kier molecular flexibility index (Phi) is 5.52. The van der Waals surface area contributed by atoms with Gasteiger partial charge in [-0.3, -0.25) is 4.90 Å². The van der Waals surface area contributed by atoms with Crippen LogP contribution in [-0.2, 0) is 0 Å². The summed E-state index contributed by atoms with van der Waals surface area (Å²) < 4.78 is 41.1. The molecular formula is C15H21F3N2O2. The maximum absolute atomic E-state index is 12.4. The number of piperazine rings is 1. The van der Waals surface area contributed by atoms with Crippen molar-refractivity contribution in [3.8, 4) is 11.5 Å². The predicted molar refractivity (Wildman–Crippen MR) is 76.9 cm³/mol. The minimum atomic E-state index is -4.81. The Bertz CT molecular complexity index is 488. The molecule has 0 radical (unpaired) electrons. The van der Waals surface area contributed by atoms with Crippen LogP contribution >= 0.6 is 0 Å². The second-order valence-corrected chi connectivity index (χ2v) is 5.33. The Labute approximate surface area is 127 Å². The van der Waals surface area contributed by atoms with Crippen LogP contribution in [-0.4, -0.2) is 42.5 Å². The summed E-state index contributed by atoms with van der Waals surface area (Å²) in [6.45, 7) is 5.28. The summed E-state index contributed by atoms with van der Waals surface area (Å²) in [5.74, 6) is -0.960. The highest BCUT2D eigenvalue weighted by Gasteiger charge is 2.33. The molecule has 1 saturated heterocycles. The first-order chi connectivity index (χ1) is 10.4. The summed E-state index contributed by atoms with van der Waals surface area (Å²) in [6, 6.07) is 4.18. The molecule has 22 heavy (non-hydrogen) atoms. The van der Waals surface area contributed by atoms with Crippen molar-refractivity contribution in [3.05, 3.63) is 23.8 Å². The Hall–Kier alpha value is -1.47. The molecule has 0 aromatic heterocycles. The molecular weight excluding hydrogens is 297 g/mol. The van der Waals surface area contributed by atoms with Gasteiger partial charge in [0, 0.05) is 37.8 Å². The molecule has 0 aliphatic carbocycles. The van der Waals surface area contributed by atoms with Crippen LogP contribution in [0.5, 0.6) is 11.5 Å². The van der Waals surface area contributed by atoms with E-state index in [4.69, 9.17) is 0 Å². The number of phenolic OH excluding ortho intramolecular Hbond substituents is 1. The summed E-state index contributed by atoms with van der Waals surface area (Å²) in [4.78, 5) is 2.19. The van der Waals surface area contributed by atoms with E-state index in [0.29, 0.717) is 5.56 Å². The molecule has 1 aliphatic heterocycles. The molecule has 2 N–H and O–H groups in total. The van der Waals surface area contributed by atoms with E-state index >= 15 is 0 Å². The third-order valence-corrected chi connectivity index (χ3v) is 3.77. The maximum atomic E-state index is 12.4. The molecule has 1 aliphatic rings. The van der Waals surface area contributed by atoms with Gasteiger partial charge in [0.2, 0.25) is 0 Å². The van der Waals surface area contributed by atoms with Crippen LogP contribution in [0.2, 0.25) is 0 Å². The van der Waals surface area contributed by atoms with E-state index in [0.717, 1.165) is 45.1 Å². The van der Waals surface area contributed by atoms with Crippen LogP contribution < -0.4 is 10.1 Å². The Morgan fingerprint density at radius 1 is 1.32 bits per heavy atom. The highest BCUT2D eigenvalue weighted by Crippen LogP contribution is 2.40. The number of benzene rings is 1. The van der Waals surface area contributed by atoms with E-state index in [1.54, 1.807) is 6.07 Å². The summed E-state index contributed by atoms with van der Waals surface area (Å²) in [5.41, 5.74) is 0.491. The lowest BCUT2D eigenvalue weighted by Crippen LogP contribution is -2.45. The third-order valence-electron chi connectivity index (χ3n) is 3.77. The number of phenols is 1. The Morgan fingerprint density at radius 2 is 2.00 bits per heavy atom. The zero-order valence-corrected chi connectivity index (χ0v) is 12.5. The van der Waals surface area contributed by atoms with Crippen LogP contribution in [0, 0.1) is 0 Å². The van der Waals surface area contributed by atoms with Crippen molar-refractivity contribution in [2.24, 2.45) is 0 Å². The molecule has 2 rings (SSSR count). The van der Waals surface area contributed by atoms with Crippen LogP contribution in [0.1, 0.15) is 31.4 Å². The largest absolute Gasteiger partial charge is 0.573 e. The summed E-state index contributed by atoms with van der Waals surface area (Å²) in [7, 11) is 0. The first-order valence-electron chi connectivity index (χ1n) is 7.44. The van der Waals surface area contributed by atoms with Gasteiger partial charge in [0.05, 0.1) is 0 Å². The van der Waals surface area contributed by atoms with Crippen molar-refractivity contribution in [1.29, 1.82) is 0 Å².